The van der Waals surface area contributed by atoms with Crippen molar-refractivity contribution < 1.29 is 4.39 Å². The SMILES string of the molecule is Fc1ccccc1-c1cccc2cccc(-c3ccccc3N(c3cc(-c4ccccc4)cc(-c4ccccc4)c3)c3ccccc3-c3ccccc3)c12. The number of hydrogen-bond acceptors (Lipinski definition) is 1. The summed E-state index contributed by atoms with van der Waals surface area (Å²) in [6.45, 7) is 0. The molecular formula is C52H36FN. The molecule has 256 valence electrons. The standard InChI is InChI=1S/C52H36FN/c53-49-31-13-10-27-45(49)47-29-16-24-40-25-17-30-48(52(40)47)46-28-12-15-33-51(46)54(50-32-14-11-26-44(50)39-22-8-3-9-23-39)43-35-41(37-18-4-1-5-19-37)34-42(36-43)38-20-6-2-7-21-38/h1-36H. The van der Waals surface area contributed by atoms with Crippen LogP contribution in [-0.4, -0.2) is 0 Å². The van der Waals surface area contributed by atoms with Gasteiger partial charge in [-0.1, -0.05) is 182 Å². The van der Waals surface area contributed by atoms with Crippen LogP contribution in [0.2, 0.25) is 0 Å². The third kappa shape index (κ3) is 6.25. The summed E-state index contributed by atoms with van der Waals surface area (Å²) in [7, 11) is 0. The van der Waals surface area contributed by atoms with Gasteiger partial charge in [-0.15, -0.1) is 0 Å². The molecule has 0 radical (unpaired) electrons. The van der Waals surface area contributed by atoms with Crippen molar-refractivity contribution in [3.63, 3.8) is 0 Å². The van der Waals surface area contributed by atoms with Crippen LogP contribution in [0, 0.1) is 5.82 Å². The van der Waals surface area contributed by atoms with Crippen molar-refractivity contribution in [1.29, 1.82) is 0 Å². The van der Waals surface area contributed by atoms with E-state index in [1.54, 1.807) is 6.07 Å². The lowest BCUT2D eigenvalue weighted by Crippen LogP contribution is -2.13. The van der Waals surface area contributed by atoms with Crippen molar-refractivity contribution in [2.45, 2.75) is 0 Å². The van der Waals surface area contributed by atoms with E-state index in [0.717, 1.165) is 77.9 Å². The summed E-state index contributed by atoms with van der Waals surface area (Å²) in [5.41, 5.74) is 13.4. The highest BCUT2D eigenvalue weighted by molar-refractivity contribution is 6.09. The Morgan fingerprint density at radius 3 is 1.30 bits per heavy atom. The number of para-hydroxylation sites is 2. The minimum Gasteiger partial charge on any atom is -0.309 e. The molecule has 0 unspecified atom stereocenters. The highest BCUT2D eigenvalue weighted by Crippen LogP contribution is 2.48. The molecule has 0 saturated heterocycles. The fourth-order valence-corrected chi connectivity index (χ4v) is 7.64. The van der Waals surface area contributed by atoms with Crippen molar-refractivity contribution in [2.75, 3.05) is 4.90 Å². The molecule has 0 bridgehead atoms. The van der Waals surface area contributed by atoms with Crippen LogP contribution in [0.4, 0.5) is 21.5 Å². The maximum atomic E-state index is 15.5. The summed E-state index contributed by atoms with van der Waals surface area (Å²) in [5, 5.41) is 2.06. The largest absolute Gasteiger partial charge is 0.309 e. The normalized spacial score (nSPS) is 11.1. The van der Waals surface area contributed by atoms with Gasteiger partial charge in [0.05, 0.1) is 11.4 Å². The van der Waals surface area contributed by atoms with Gasteiger partial charge in [0.25, 0.3) is 0 Å². The smallest absolute Gasteiger partial charge is 0.131 e. The van der Waals surface area contributed by atoms with Crippen LogP contribution in [0.15, 0.2) is 218 Å². The van der Waals surface area contributed by atoms with Crippen LogP contribution < -0.4 is 4.90 Å². The molecule has 0 heterocycles. The van der Waals surface area contributed by atoms with Gasteiger partial charge in [0.2, 0.25) is 0 Å². The summed E-state index contributed by atoms with van der Waals surface area (Å²) in [5.74, 6) is -0.238. The first-order valence-corrected chi connectivity index (χ1v) is 18.3. The lowest BCUT2D eigenvalue weighted by molar-refractivity contribution is 0.631. The maximum Gasteiger partial charge on any atom is 0.131 e. The molecule has 0 aliphatic heterocycles. The first kappa shape index (κ1) is 32.8. The third-order valence-electron chi connectivity index (χ3n) is 10.1. The first-order chi connectivity index (χ1) is 26.7. The van der Waals surface area contributed by atoms with E-state index in [9.17, 15) is 0 Å². The zero-order chi connectivity index (χ0) is 36.3. The minimum absolute atomic E-state index is 0.238. The molecule has 0 aliphatic rings. The summed E-state index contributed by atoms with van der Waals surface area (Å²) in [6.07, 6.45) is 0. The van der Waals surface area contributed by atoms with Gasteiger partial charge < -0.3 is 4.90 Å². The van der Waals surface area contributed by atoms with Crippen molar-refractivity contribution in [2.24, 2.45) is 0 Å². The van der Waals surface area contributed by atoms with Crippen molar-refractivity contribution in [3.8, 4) is 55.6 Å². The highest BCUT2D eigenvalue weighted by atomic mass is 19.1. The average molecular weight is 694 g/mol. The van der Waals surface area contributed by atoms with Crippen LogP contribution in [0.5, 0.6) is 0 Å². The second-order valence-corrected chi connectivity index (χ2v) is 13.4. The van der Waals surface area contributed by atoms with Crippen LogP contribution in [0.1, 0.15) is 0 Å². The predicted octanol–water partition coefficient (Wildman–Crippen LogP) is 14.8. The van der Waals surface area contributed by atoms with E-state index in [4.69, 9.17) is 0 Å². The fraction of sp³-hybridized carbons (Fsp3) is 0. The predicted molar refractivity (Wildman–Crippen MR) is 226 cm³/mol. The van der Waals surface area contributed by atoms with E-state index in [2.05, 4.69) is 187 Å². The van der Waals surface area contributed by atoms with Crippen LogP contribution in [0.3, 0.4) is 0 Å². The molecule has 0 aliphatic carbocycles. The molecule has 0 saturated carbocycles. The van der Waals surface area contributed by atoms with E-state index in [1.165, 1.54) is 6.07 Å². The van der Waals surface area contributed by atoms with Gasteiger partial charge in [-0.3, -0.25) is 0 Å². The van der Waals surface area contributed by atoms with Crippen molar-refractivity contribution in [3.05, 3.63) is 224 Å². The van der Waals surface area contributed by atoms with Gasteiger partial charge in [0.1, 0.15) is 5.82 Å². The monoisotopic (exact) mass is 693 g/mol. The van der Waals surface area contributed by atoms with Crippen molar-refractivity contribution in [1.82, 2.24) is 0 Å². The van der Waals surface area contributed by atoms with E-state index in [-0.39, 0.29) is 5.82 Å². The molecule has 0 fully saturated rings. The summed E-state index contributed by atoms with van der Waals surface area (Å²) in [4.78, 5) is 2.40. The lowest BCUT2D eigenvalue weighted by Gasteiger charge is -2.31. The summed E-state index contributed by atoms with van der Waals surface area (Å²) >= 11 is 0. The number of nitrogens with zero attached hydrogens (tertiary/aromatic N) is 1. The Hall–Kier alpha value is -7.03. The Bertz CT molecular complexity index is 2660. The fourth-order valence-electron chi connectivity index (χ4n) is 7.64. The van der Waals surface area contributed by atoms with Crippen LogP contribution >= 0.6 is 0 Å². The number of hydrogen-bond donors (Lipinski definition) is 0. The Labute approximate surface area is 315 Å². The highest BCUT2D eigenvalue weighted by Gasteiger charge is 2.23. The molecule has 0 atom stereocenters. The van der Waals surface area contributed by atoms with E-state index >= 15 is 4.39 Å². The molecule has 0 aromatic heterocycles. The second kappa shape index (κ2) is 14.5. The zero-order valence-corrected chi connectivity index (χ0v) is 29.6. The number of halogens is 1. The Morgan fingerprint density at radius 2 is 0.722 bits per heavy atom. The Balaban J connectivity index is 1.36. The van der Waals surface area contributed by atoms with Gasteiger partial charge in [0, 0.05) is 22.4 Å². The van der Waals surface area contributed by atoms with Gasteiger partial charge in [-0.05, 0) is 86.1 Å². The molecule has 1 nitrogen and oxygen atoms in total. The van der Waals surface area contributed by atoms with Gasteiger partial charge in [-0.25, -0.2) is 4.39 Å². The van der Waals surface area contributed by atoms with Crippen molar-refractivity contribution >= 4 is 27.8 Å². The molecule has 0 spiro atoms. The van der Waals surface area contributed by atoms with E-state index in [1.807, 2.05) is 24.3 Å². The zero-order valence-electron chi connectivity index (χ0n) is 29.6. The van der Waals surface area contributed by atoms with Crippen LogP contribution in [0.25, 0.3) is 66.4 Å². The molecule has 9 aromatic carbocycles. The molecular weight excluding hydrogens is 658 g/mol. The van der Waals surface area contributed by atoms with Gasteiger partial charge in [-0.2, -0.15) is 0 Å². The minimum atomic E-state index is -0.238. The summed E-state index contributed by atoms with van der Waals surface area (Å²) in [6, 6.07) is 75.5. The van der Waals surface area contributed by atoms with Gasteiger partial charge >= 0.3 is 0 Å². The number of anilines is 3. The number of fused-ring (bicyclic) bond motifs is 1. The van der Waals surface area contributed by atoms with E-state index < -0.39 is 0 Å². The Kier molecular flexibility index (Phi) is 8.84. The lowest BCUT2D eigenvalue weighted by atomic mass is 9.90. The second-order valence-electron chi connectivity index (χ2n) is 13.4. The van der Waals surface area contributed by atoms with E-state index in [0.29, 0.717) is 5.56 Å². The van der Waals surface area contributed by atoms with Gasteiger partial charge in [0.15, 0.2) is 0 Å². The molecule has 0 amide bonds. The number of rotatable bonds is 8. The summed E-state index contributed by atoms with van der Waals surface area (Å²) < 4.78 is 15.5. The Morgan fingerprint density at radius 1 is 0.296 bits per heavy atom. The van der Waals surface area contributed by atoms with Crippen LogP contribution in [-0.2, 0) is 0 Å². The molecule has 0 N–H and O–H groups in total. The molecule has 54 heavy (non-hydrogen) atoms. The number of benzene rings is 9. The molecule has 2 heteroatoms. The average Bonchev–Trinajstić information content (AvgIpc) is 3.25. The quantitative estimate of drug-likeness (QED) is 0.153. The topological polar surface area (TPSA) is 3.24 Å². The first-order valence-electron chi connectivity index (χ1n) is 18.3. The maximum absolute atomic E-state index is 15.5. The molecule has 9 rings (SSSR count). The molecule has 9 aromatic rings. The third-order valence-corrected chi connectivity index (χ3v) is 10.1.